The molecule has 0 aromatic rings. The lowest BCUT2D eigenvalue weighted by Gasteiger charge is -2.03. The van der Waals surface area contributed by atoms with Crippen molar-refractivity contribution in [2.24, 2.45) is 0 Å². The maximum Gasteiger partial charge on any atom is 0.185 e. The van der Waals surface area contributed by atoms with Crippen LogP contribution in [-0.2, 0) is 14.3 Å². The van der Waals surface area contributed by atoms with Crippen molar-refractivity contribution in [3.05, 3.63) is 0 Å². The van der Waals surface area contributed by atoms with Gasteiger partial charge in [-0.05, 0) is 0 Å². The van der Waals surface area contributed by atoms with Gasteiger partial charge in [0.25, 0.3) is 0 Å². The van der Waals surface area contributed by atoms with Crippen molar-refractivity contribution in [1.29, 1.82) is 0 Å². The highest BCUT2D eigenvalue weighted by Gasteiger charge is 1.93. The third-order valence-electron chi connectivity index (χ3n) is 1.14. The van der Waals surface area contributed by atoms with Gasteiger partial charge < -0.3 is 14.6 Å². The number of aliphatic hydroxyl groups is 1. The molecule has 0 aliphatic carbocycles. The summed E-state index contributed by atoms with van der Waals surface area (Å²) in [6.07, 6.45) is 0. The SMILES string of the molecule is CC(=O)SCCOCCOCCO. The maximum atomic E-state index is 10.5. The topological polar surface area (TPSA) is 55.8 Å². The average Bonchev–Trinajstić information content (AvgIpc) is 2.09. The fraction of sp³-hybridized carbons (Fsp3) is 0.875. The van der Waals surface area contributed by atoms with Gasteiger partial charge in [-0.1, -0.05) is 11.8 Å². The first-order valence-electron chi connectivity index (χ1n) is 4.17. The van der Waals surface area contributed by atoms with Crippen LogP contribution in [-0.4, -0.2) is 49.0 Å². The van der Waals surface area contributed by atoms with Crippen molar-refractivity contribution >= 4 is 16.9 Å². The zero-order chi connectivity index (χ0) is 9.94. The molecule has 0 spiro atoms. The Morgan fingerprint density at radius 2 is 1.85 bits per heavy atom. The molecular formula is C8H16O4S. The fourth-order valence-electron chi connectivity index (χ4n) is 0.631. The van der Waals surface area contributed by atoms with E-state index in [9.17, 15) is 4.79 Å². The van der Waals surface area contributed by atoms with Crippen LogP contribution in [0.25, 0.3) is 0 Å². The molecular weight excluding hydrogens is 192 g/mol. The maximum absolute atomic E-state index is 10.5. The molecule has 4 nitrogen and oxygen atoms in total. The van der Waals surface area contributed by atoms with Gasteiger partial charge in [0.05, 0.1) is 33.0 Å². The van der Waals surface area contributed by atoms with Gasteiger partial charge in [-0.2, -0.15) is 0 Å². The van der Waals surface area contributed by atoms with Crippen LogP contribution in [0.5, 0.6) is 0 Å². The van der Waals surface area contributed by atoms with Gasteiger partial charge in [0, 0.05) is 12.7 Å². The molecule has 78 valence electrons. The van der Waals surface area contributed by atoms with E-state index < -0.39 is 0 Å². The second-order valence-electron chi connectivity index (χ2n) is 2.29. The molecule has 0 aromatic carbocycles. The van der Waals surface area contributed by atoms with E-state index in [2.05, 4.69) is 0 Å². The number of aliphatic hydroxyl groups excluding tert-OH is 1. The van der Waals surface area contributed by atoms with E-state index in [-0.39, 0.29) is 11.7 Å². The van der Waals surface area contributed by atoms with Crippen LogP contribution >= 0.6 is 11.8 Å². The average molecular weight is 208 g/mol. The minimum Gasteiger partial charge on any atom is -0.394 e. The number of ether oxygens (including phenoxy) is 2. The van der Waals surface area contributed by atoms with Crippen molar-refractivity contribution in [3.63, 3.8) is 0 Å². The summed E-state index contributed by atoms with van der Waals surface area (Å²) in [4.78, 5) is 10.5. The van der Waals surface area contributed by atoms with E-state index >= 15 is 0 Å². The molecule has 0 aromatic heterocycles. The molecule has 0 rings (SSSR count). The summed E-state index contributed by atoms with van der Waals surface area (Å²) in [6, 6.07) is 0. The van der Waals surface area contributed by atoms with Crippen LogP contribution in [0, 0.1) is 0 Å². The Labute approximate surface area is 82.6 Å². The zero-order valence-electron chi connectivity index (χ0n) is 7.82. The summed E-state index contributed by atoms with van der Waals surface area (Å²) in [7, 11) is 0. The predicted octanol–water partition coefficient (Wildman–Crippen LogP) is 0.292. The van der Waals surface area contributed by atoms with Crippen LogP contribution in [0.2, 0.25) is 0 Å². The number of carbonyl (C=O) groups excluding carboxylic acids is 1. The quantitative estimate of drug-likeness (QED) is 0.581. The van der Waals surface area contributed by atoms with Gasteiger partial charge >= 0.3 is 0 Å². The highest BCUT2D eigenvalue weighted by molar-refractivity contribution is 8.13. The van der Waals surface area contributed by atoms with Crippen LogP contribution in [0.15, 0.2) is 0 Å². The Bertz CT molecular complexity index is 129. The molecule has 0 amide bonds. The molecule has 0 aliphatic heterocycles. The molecule has 0 atom stereocenters. The van der Waals surface area contributed by atoms with E-state index in [1.165, 1.54) is 18.7 Å². The fourth-order valence-corrected chi connectivity index (χ4v) is 1.12. The van der Waals surface area contributed by atoms with E-state index in [0.717, 1.165) is 0 Å². The van der Waals surface area contributed by atoms with Gasteiger partial charge in [0.2, 0.25) is 0 Å². The summed E-state index contributed by atoms with van der Waals surface area (Å²) in [6.45, 7) is 3.50. The Kier molecular flexibility index (Phi) is 9.91. The lowest BCUT2D eigenvalue weighted by atomic mass is 10.7. The normalized spacial score (nSPS) is 10.3. The summed E-state index contributed by atoms with van der Waals surface area (Å²) < 4.78 is 10.1. The zero-order valence-corrected chi connectivity index (χ0v) is 8.64. The van der Waals surface area contributed by atoms with Crippen LogP contribution < -0.4 is 0 Å². The first-order chi connectivity index (χ1) is 6.27. The van der Waals surface area contributed by atoms with Gasteiger partial charge in [0.15, 0.2) is 5.12 Å². The molecule has 0 heterocycles. The minimum atomic E-state index is 0.0419. The van der Waals surface area contributed by atoms with E-state index in [1.54, 1.807) is 0 Å². The first-order valence-corrected chi connectivity index (χ1v) is 5.15. The smallest absolute Gasteiger partial charge is 0.185 e. The van der Waals surface area contributed by atoms with Gasteiger partial charge in [-0.3, -0.25) is 4.79 Å². The second-order valence-corrected chi connectivity index (χ2v) is 3.56. The Morgan fingerprint density at radius 1 is 1.23 bits per heavy atom. The molecule has 13 heavy (non-hydrogen) atoms. The summed E-state index contributed by atoms with van der Waals surface area (Å²) >= 11 is 1.25. The summed E-state index contributed by atoms with van der Waals surface area (Å²) in [5.74, 6) is 0.690. The molecule has 0 aliphatic rings. The highest BCUT2D eigenvalue weighted by Crippen LogP contribution is 1.99. The van der Waals surface area contributed by atoms with Gasteiger partial charge in [0.1, 0.15) is 0 Å². The van der Waals surface area contributed by atoms with Gasteiger partial charge in [-0.15, -0.1) is 0 Å². The molecule has 5 heteroatoms. The lowest BCUT2D eigenvalue weighted by molar-refractivity contribution is -0.109. The van der Waals surface area contributed by atoms with E-state index in [1.807, 2.05) is 0 Å². The third kappa shape index (κ3) is 11.9. The van der Waals surface area contributed by atoms with E-state index in [0.29, 0.717) is 32.2 Å². The molecule has 1 N–H and O–H groups in total. The molecule has 0 saturated heterocycles. The number of hydrogen-bond acceptors (Lipinski definition) is 5. The van der Waals surface area contributed by atoms with Crippen LogP contribution in [0.4, 0.5) is 0 Å². The Morgan fingerprint density at radius 3 is 2.38 bits per heavy atom. The lowest BCUT2D eigenvalue weighted by Crippen LogP contribution is -2.09. The van der Waals surface area contributed by atoms with Crippen molar-refractivity contribution < 1.29 is 19.4 Å². The predicted molar refractivity (Wildman–Crippen MR) is 51.9 cm³/mol. The van der Waals surface area contributed by atoms with Crippen molar-refractivity contribution in [3.8, 4) is 0 Å². The minimum absolute atomic E-state index is 0.0419. The second kappa shape index (κ2) is 9.98. The first kappa shape index (κ1) is 12.9. The summed E-state index contributed by atoms with van der Waals surface area (Å²) in [5, 5.41) is 8.47. The van der Waals surface area contributed by atoms with Crippen molar-refractivity contribution in [1.82, 2.24) is 0 Å². The number of thioether (sulfide) groups is 1. The van der Waals surface area contributed by atoms with E-state index in [4.69, 9.17) is 14.6 Å². The molecule has 0 unspecified atom stereocenters. The van der Waals surface area contributed by atoms with Crippen LogP contribution in [0.1, 0.15) is 6.92 Å². The Hall–Kier alpha value is -0.100. The van der Waals surface area contributed by atoms with Crippen molar-refractivity contribution in [2.45, 2.75) is 6.92 Å². The number of rotatable bonds is 8. The number of hydrogen-bond donors (Lipinski definition) is 1. The highest BCUT2D eigenvalue weighted by atomic mass is 32.2. The molecule has 0 fully saturated rings. The molecule has 0 saturated carbocycles. The monoisotopic (exact) mass is 208 g/mol. The largest absolute Gasteiger partial charge is 0.394 e. The van der Waals surface area contributed by atoms with Crippen LogP contribution in [0.3, 0.4) is 0 Å². The third-order valence-corrected chi connectivity index (χ3v) is 1.92. The standard InChI is InChI=1S/C8H16O4S/c1-8(10)13-7-6-12-5-4-11-3-2-9/h9H,2-7H2,1H3. The van der Waals surface area contributed by atoms with Gasteiger partial charge in [-0.25, -0.2) is 0 Å². The summed E-state index contributed by atoms with van der Waals surface area (Å²) in [5.41, 5.74) is 0. The number of carbonyl (C=O) groups is 1. The Balaban J connectivity index is 2.87. The molecule has 0 radical (unpaired) electrons. The van der Waals surface area contributed by atoms with Crippen molar-refractivity contribution in [2.75, 3.05) is 38.8 Å². The molecule has 0 bridgehead atoms.